The lowest BCUT2D eigenvalue weighted by Gasteiger charge is -2.22. The first-order valence-electron chi connectivity index (χ1n) is 8.14. The molecule has 2 rings (SSSR count). The van der Waals surface area contributed by atoms with Gasteiger partial charge in [0.05, 0.1) is 6.42 Å². The summed E-state index contributed by atoms with van der Waals surface area (Å²) in [4.78, 5) is 14.2. The van der Waals surface area contributed by atoms with Gasteiger partial charge >= 0.3 is 6.61 Å². The normalized spacial score (nSPS) is 10.3. The van der Waals surface area contributed by atoms with E-state index in [0.29, 0.717) is 25.2 Å². The van der Waals surface area contributed by atoms with Crippen molar-refractivity contribution in [2.75, 3.05) is 19.6 Å². The highest BCUT2D eigenvalue weighted by atomic mass is 35.5. The Kier molecular flexibility index (Phi) is 9.62. The molecule has 0 saturated carbocycles. The average Bonchev–Trinajstić information content (AvgIpc) is 2.59. The molecule has 0 aromatic heterocycles. The highest BCUT2D eigenvalue weighted by Gasteiger charge is 2.14. The van der Waals surface area contributed by atoms with E-state index in [9.17, 15) is 13.6 Å². The summed E-state index contributed by atoms with van der Waals surface area (Å²) < 4.78 is 29.0. The number of nitrogens with zero attached hydrogens (tertiary/aromatic N) is 1. The predicted molar refractivity (Wildman–Crippen MR) is 99.8 cm³/mol. The number of benzene rings is 2. The van der Waals surface area contributed by atoms with Crippen LogP contribution in [0.25, 0.3) is 0 Å². The van der Waals surface area contributed by atoms with Crippen molar-refractivity contribution in [3.63, 3.8) is 0 Å². The van der Waals surface area contributed by atoms with Crippen LogP contribution in [0.3, 0.4) is 0 Å². The molecule has 0 saturated heterocycles. The number of hydrogen-bond donors (Lipinski definition) is 1. The fourth-order valence-corrected chi connectivity index (χ4v) is 2.54. The van der Waals surface area contributed by atoms with Crippen LogP contribution in [0.15, 0.2) is 54.6 Å². The van der Waals surface area contributed by atoms with E-state index in [4.69, 9.17) is 5.73 Å². The molecule has 142 valence electrons. The van der Waals surface area contributed by atoms with E-state index in [1.54, 1.807) is 17.0 Å². The molecular formula is C19H23ClF2N2O2. The molecule has 26 heavy (non-hydrogen) atoms. The Morgan fingerprint density at radius 3 is 2.38 bits per heavy atom. The standard InChI is InChI=1S/C19H22F2N2O2.ClH/c20-19(21)25-17-8-4-7-16(13-17)14-18(24)23(12-10-22)11-9-15-5-2-1-3-6-15;/h1-8,13,19H,9-12,14,22H2;1H. The Morgan fingerprint density at radius 1 is 1.04 bits per heavy atom. The molecule has 0 aliphatic heterocycles. The van der Waals surface area contributed by atoms with Crippen molar-refractivity contribution in [1.82, 2.24) is 4.90 Å². The van der Waals surface area contributed by atoms with Crippen LogP contribution in [0.1, 0.15) is 11.1 Å². The first-order chi connectivity index (χ1) is 12.1. The molecular weight excluding hydrogens is 362 g/mol. The van der Waals surface area contributed by atoms with Gasteiger partial charge in [0, 0.05) is 19.6 Å². The van der Waals surface area contributed by atoms with Crippen molar-refractivity contribution in [3.05, 3.63) is 65.7 Å². The highest BCUT2D eigenvalue weighted by molar-refractivity contribution is 5.85. The van der Waals surface area contributed by atoms with Gasteiger partial charge in [0.25, 0.3) is 0 Å². The molecule has 4 nitrogen and oxygen atoms in total. The van der Waals surface area contributed by atoms with E-state index in [1.807, 2.05) is 30.3 Å². The summed E-state index contributed by atoms with van der Waals surface area (Å²) >= 11 is 0. The van der Waals surface area contributed by atoms with Gasteiger partial charge in [-0.2, -0.15) is 8.78 Å². The van der Waals surface area contributed by atoms with Gasteiger partial charge in [-0.15, -0.1) is 12.4 Å². The molecule has 2 N–H and O–H groups in total. The number of rotatable bonds is 9. The van der Waals surface area contributed by atoms with Gasteiger partial charge in [0.1, 0.15) is 5.75 Å². The van der Waals surface area contributed by atoms with Gasteiger partial charge in [-0.05, 0) is 29.7 Å². The van der Waals surface area contributed by atoms with Gasteiger partial charge in [0.15, 0.2) is 0 Å². The first kappa shape index (κ1) is 21.9. The van der Waals surface area contributed by atoms with Crippen molar-refractivity contribution in [2.45, 2.75) is 19.5 Å². The van der Waals surface area contributed by atoms with Crippen LogP contribution in [-0.2, 0) is 17.6 Å². The van der Waals surface area contributed by atoms with Crippen LogP contribution in [0.5, 0.6) is 5.75 Å². The minimum atomic E-state index is -2.88. The average molecular weight is 385 g/mol. The number of carbonyl (C=O) groups is 1. The molecule has 0 aliphatic rings. The Morgan fingerprint density at radius 2 is 1.73 bits per heavy atom. The van der Waals surface area contributed by atoms with Crippen molar-refractivity contribution < 1.29 is 18.3 Å². The first-order valence-corrected chi connectivity index (χ1v) is 8.14. The van der Waals surface area contributed by atoms with Gasteiger partial charge in [0.2, 0.25) is 5.91 Å². The third-order valence-corrected chi connectivity index (χ3v) is 3.74. The van der Waals surface area contributed by atoms with E-state index in [1.165, 1.54) is 12.1 Å². The van der Waals surface area contributed by atoms with Crippen molar-refractivity contribution in [1.29, 1.82) is 0 Å². The van der Waals surface area contributed by atoms with E-state index in [-0.39, 0.29) is 30.5 Å². The van der Waals surface area contributed by atoms with Gasteiger partial charge in [-0.25, -0.2) is 0 Å². The Balaban J connectivity index is 0.00000338. The molecule has 0 atom stereocenters. The summed E-state index contributed by atoms with van der Waals surface area (Å²) in [6, 6.07) is 16.1. The highest BCUT2D eigenvalue weighted by Crippen LogP contribution is 2.17. The Bertz CT molecular complexity index is 672. The summed E-state index contributed by atoms with van der Waals surface area (Å²) in [5, 5.41) is 0. The lowest BCUT2D eigenvalue weighted by molar-refractivity contribution is -0.130. The molecule has 7 heteroatoms. The summed E-state index contributed by atoms with van der Waals surface area (Å²) in [6.45, 7) is -1.49. The Hall–Kier alpha value is -2.18. The monoisotopic (exact) mass is 384 g/mol. The lowest BCUT2D eigenvalue weighted by Crippen LogP contribution is -2.37. The maximum Gasteiger partial charge on any atom is 0.387 e. The molecule has 0 bridgehead atoms. The second-order valence-electron chi connectivity index (χ2n) is 5.61. The zero-order valence-corrected chi connectivity index (χ0v) is 15.1. The third kappa shape index (κ3) is 7.37. The summed E-state index contributed by atoms with van der Waals surface area (Å²) in [6.07, 6.45) is 0.857. The van der Waals surface area contributed by atoms with Crippen molar-refractivity contribution >= 4 is 18.3 Å². The minimum absolute atomic E-state index is 0. The van der Waals surface area contributed by atoms with Crippen LogP contribution < -0.4 is 10.5 Å². The second-order valence-corrected chi connectivity index (χ2v) is 5.61. The SMILES string of the molecule is Cl.NCCN(CCc1ccccc1)C(=O)Cc1cccc(OC(F)F)c1. The lowest BCUT2D eigenvalue weighted by atomic mass is 10.1. The van der Waals surface area contributed by atoms with Crippen LogP contribution in [0.2, 0.25) is 0 Å². The number of halogens is 3. The fourth-order valence-electron chi connectivity index (χ4n) is 2.54. The molecule has 0 spiro atoms. The van der Waals surface area contributed by atoms with Gasteiger partial charge in [-0.3, -0.25) is 4.79 Å². The van der Waals surface area contributed by atoms with Crippen molar-refractivity contribution in [3.8, 4) is 5.75 Å². The molecule has 0 radical (unpaired) electrons. The minimum Gasteiger partial charge on any atom is -0.435 e. The molecule has 1 amide bonds. The fraction of sp³-hybridized carbons (Fsp3) is 0.316. The predicted octanol–water partition coefficient (Wildman–Crippen LogP) is 3.28. The molecule has 0 fully saturated rings. The van der Waals surface area contributed by atoms with E-state index >= 15 is 0 Å². The smallest absolute Gasteiger partial charge is 0.387 e. The van der Waals surface area contributed by atoms with Crippen molar-refractivity contribution in [2.24, 2.45) is 5.73 Å². The number of alkyl halides is 2. The summed E-state index contributed by atoms with van der Waals surface area (Å²) in [7, 11) is 0. The Labute approximate surface area is 158 Å². The second kappa shape index (κ2) is 11.4. The zero-order valence-electron chi connectivity index (χ0n) is 14.3. The van der Waals surface area contributed by atoms with Gasteiger partial charge < -0.3 is 15.4 Å². The molecule has 0 aliphatic carbocycles. The largest absolute Gasteiger partial charge is 0.435 e. The number of nitrogens with two attached hydrogens (primary N) is 1. The molecule has 0 unspecified atom stereocenters. The van der Waals surface area contributed by atoms with Gasteiger partial charge in [-0.1, -0.05) is 42.5 Å². The van der Waals surface area contributed by atoms with Crippen LogP contribution in [0.4, 0.5) is 8.78 Å². The molecule has 2 aromatic carbocycles. The zero-order chi connectivity index (χ0) is 18.1. The number of hydrogen-bond acceptors (Lipinski definition) is 3. The maximum atomic E-state index is 12.5. The summed E-state index contributed by atoms with van der Waals surface area (Å²) in [5.41, 5.74) is 7.38. The van der Waals surface area contributed by atoms with E-state index < -0.39 is 6.61 Å². The number of ether oxygens (including phenoxy) is 1. The quantitative estimate of drug-likeness (QED) is 0.721. The topological polar surface area (TPSA) is 55.6 Å². The van der Waals surface area contributed by atoms with Crippen LogP contribution >= 0.6 is 12.4 Å². The molecule has 0 heterocycles. The maximum absolute atomic E-state index is 12.5. The number of carbonyl (C=O) groups excluding carboxylic acids is 1. The van der Waals surface area contributed by atoms with Crippen LogP contribution in [-0.4, -0.2) is 37.1 Å². The van der Waals surface area contributed by atoms with E-state index in [2.05, 4.69) is 4.74 Å². The summed E-state index contributed by atoms with van der Waals surface area (Å²) in [5.74, 6) is -0.0365. The van der Waals surface area contributed by atoms with E-state index in [0.717, 1.165) is 12.0 Å². The van der Waals surface area contributed by atoms with Crippen LogP contribution in [0, 0.1) is 0 Å². The third-order valence-electron chi connectivity index (χ3n) is 3.74. The molecule has 2 aromatic rings. The number of amides is 1.